The van der Waals surface area contributed by atoms with Gasteiger partial charge in [-0.3, -0.25) is 4.79 Å². The summed E-state index contributed by atoms with van der Waals surface area (Å²) in [5, 5.41) is 8.33. The zero-order valence-corrected chi connectivity index (χ0v) is 9.59. The monoisotopic (exact) mass is 344 g/mol. The van der Waals surface area contributed by atoms with Gasteiger partial charge >= 0.3 is 110 Å². The van der Waals surface area contributed by atoms with Crippen LogP contribution in [0.5, 0.6) is 0 Å². The van der Waals surface area contributed by atoms with Crippen LogP contribution in [0.2, 0.25) is 0 Å². The molecule has 10 heteroatoms. The summed E-state index contributed by atoms with van der Waals surface area (Å²) in [4.78, 5) is 10.1. The first-order chi connectivity index (χ1) is 4.68. The molecular weight excluding hydrogens is 325 g/mol. The number of halogens is 3. The molecule has 0 aromatic carbocycles. The van der Waals surface area contributed by atoms with Gasteiger partial charge in [-0.25, -0.2) is 0 Å². The third-order valence-corrected chi connectivity index (χ3v) is 1.29. The second-order valence-electron chi connectivity index (χ2n) is 2.23. The van der Waals surface area contributed by atoms with E-state index < -0.39 is 12.0 Å². The second-order valence-corrected chi connectivity index (χ2v) is 2.23. The molecule has 0 fully saturated rings. The number of unbranched alkanes of at least 4 members (excludes halogenated alkanes) is 1. The Morgan fingerprint density at radius 1 is 1.19 bits per heavy atom. The van der Waals surface area contributed by atoms with Crippen molar-refractivity contribution in [3.8, 4) is 0 Å². The van der Waals surface area contributed by atoms with Crippen LogP contribution in [-0.2, 0) is 4.79 Å². The predicted molar refractivity (Wildman–Crippen MR) is 83.1 cm³/mol. The normalized spacial score (nSPS) is 8.12. The zero-order valence-electron chi connectivity index (χ0n) is 7.14. The Labute approximate surface area is 196 Å². The molecule has 1 unspecified atom stereocenters. The zero-order chi connectivity index (χ0) is 7.98. The first-order valence-corrected chi connectivity index (χ1v) is 3.37. The van der Waals surface area contributed by atoms with Crippen molar-refractivity contribution in [2.45, 2.75) is 25.3 Å². The van der Waals surface area contributed by atoms with E-state index in [1.54, 1.807) is 0 Å². The van der Waals surface area contributed by atoms with Gasteiger partial charge in [0.05, 0.1) is 0 Å². The molecule has 0 heterocycles. The van der Waals surface area contributed by atoms with Crippen molar-refractivity contribution < 1.29 is 9.90 Å². The maximum atomic E-state index is 10.1. The van der Waals surface area contributed by atoms with E-state index in [0.717, 1.165) is 12.8 Å². The molecule has 0 radical (unpaired) electrons. The number of carboxylic acid groups (broad SMARTS) is 1. The molecule has 0 aromatic rings. The maximum absolute atomic E-state index is 10.1. The van der Waals surface area contributed by atoms with E-state index in [1.165, 1.54) is 0 Å². The van der Waals surface area contributed by atoms with Crippen LogP contribution in [0.25, 0.3) is 0 Å². The third-order valence-electron chi connectivity index (χ3n) is 1.29. The van der Waals surface area contributed by atoms with Gasteiger partial charge in [-0.2, -0.15) is 0 Å². The van der Waals surface area contributed by atoms with E-state index in [1.807, 2.05) is 0 Å². The second kappa shape index (κ2) is 31.2. The number of nitrogens with two attached hydrogens (primary N) is 2. The summed E-state index contributed by atoms with van der Waals surface area (Å²) in [6.45, 7) is 0.604. The Bertz CT molecular complexity index is 132. The van der Waals surface area contributed by atoms with Gasteiger partial charge in [-0.15, -0.1) is 37.2 Å². The summed E-state index contributed by atoms with van der Waals surface area (Å²) in [5.74, 6) is -0.933. The summed E-state index contributed by atoms with van der Waals surface area (Å²) < 4.78 is 0. The molecule has 0 saturated carbocycles. The molecule has 0 aliphatic carbocycles. The van der Waals surface area contributed by atoms with Gasteiger partial charge in [0.25, 0.3) is 0 Å². The summed E-state index contributed by atoms with van der Waals surface area (Å²) >= 11 is 0. The SMILES string of the molecule is Cl.Cl.Cl.NCCCCC(N)C(=O)O.[KH].[MgH2].[NaH]. The van der Waals surface area contributed by atoms with Crippen LogP contribution >= 0.6 is 37.2 Å². The summed E-state index contributed by atoms with van der Waals surface area (Å²) in [7, 11) is 0. The van der Waals surface area contributed by atoms with E-state index in [-0.39, 0.29) is 141 Å². The van der Waals surface area contributed by atoms with Crippen LogP contribution < -0.4 is 11.5 Å². The summed E-state index contributed by atoms with van der Waals surface area (Å²) in [6, 6.07) is -0.716. The number of carboxylic acids is 1. The molecule has 0 aliphatic heterocycles. The van der Waals surface area contributed by atoms with Crippen LogP contribution in [0.3, 0.4) is 0 Å². The molecule has 0 amide bonds. The molecule has 5 N–H and O–H groups in total. The van der Waals surface area contributed by atoms with Crippen molar-refractivity contribution in [3.05, 3.63) is 0 Å². The van der Waals surface area contributed by atoms with Gasteiger partial charge in [0.2, 0.25) is 0 Å². The number of aliphatic carboxylic acids is 1. The van der Waals surface area contributed by atoms with Gasteiger partial charge in [0, 0.05) is 0 Å². The first kappa shape index (κ1) is 42.7. The standard InChI is InChI=1S/C6H14N2O2.3ClH.K.Mg.Na.4H/c7-4-2-1-3-5(8)6(9)10;;;;;;;;;;/h5H,1-4,7-8H2,(H,9,10);3*1H;;;;;;;. The van der Waals surface area contributed by atoms with Crippen LogP contribution in [-0.4, -0.2) is 128 Å². The van der Waals surface area contributed by atoms with Gasteiger partial charge in [-0.05, 0) is 19.4 Å². The third kappa shape index (κ3) is 30.6. The Balaban J connectivity index is -0.0000000270. The number of hydrogen-bond donors (Lipinski definition) is 3. The minimum absolute atomic E-state index is 0. The molecule has 92 valence electrons. The Morgan fingerprint density at radius 2 is 1.56 bits per heavy atom. The summed E-state index contributed by atoms with van der Waals surface area (Å²) in [6.07, 6.45) is 2.16. The fraction of sp³-hybridized carbons (Fsp3) is 0.833. The van der Waals surface area contributed by atoms with Gasteiger partial charge in [0.1, 0.15) is 6.04 Å². The molecule has 0 aromatic heterocycles. The molecule has 4 nitrogen and oxygen atoms in total. The van der Waals surface area contributed by atoms with Crippen molar-refractivity contribution >= 4 is 147 Å². The van der Waals surface area contributed by atoms with Crippen LogP contribution in [0.1, 0.15) is 19.3 Å². The average Bonchev–Trinajstić information content (AvgIpc) is 1.88. The van der Waals surface area contributed by atoms with Crippen LogP contribution in [0.15, 0.2) is 0 Å². The minimum atomic E-state index is -0.933. The van der Waals surface area contributed by atoms with Crippen molar-refractivity contribution in [2.75, 3.05) is 6.54 Å². The Kier molecular flexibility index (Phi) is 83.3. The first-order valence-electron chi connectivity index (χ1n) is 3.37. The molecule has 0 spiro atoms. The Morgan fingerprint density at radius 3 is 1.81 bits per heavy atom. The number of carbonyl (C=O) groups is 1. The van der Waals surface area contributed by atoms with E-state index in [9.17, 15) is 4.79 Å². The van der Waals surface area contributed by atoms with E-state index in [0.29, 0.717) is 13.0 Å². The van der Waals surface area contributed by atoms with E-state index >= 15 is 0 Å². The van der Waals surface area contributed by atoms with Crippen LogP contribution in [0, 0.1) is 0 Å². The van der Waals surface area contributed by atoms with Crippen molar-refractivity contribution in [2.24, 2.45) is 11.5 Å². The molecule has 0 bridgehead atoms. The topological polar surface area (TPSA) is 89.3 Å². The van der Waals surface area contributed by atoms with Crippen molar-refractivity contribution in [3.63, 3.8) is 0 Å². The van der Waals surface area contributed by atoms with Crippen molar-refractivity contribution in [1.82, 2.24) is 0 Å². The molecular formula is C6H21Cl3KMgN2NaO2. The van der Waals surface area contributed by atoms with E-state index in [2.05, 4.69) is 0 Å². The number of rotatable bonds is 5. The average molecular weight is 346 g/mol. The fourth-order valence-electron chi connectivity index (χ4n) is 0.632. The van der Waals surface area contributed by atoms with Crippen molar-refractivity contribution in [1.29, 1.82) is 0 Å². The van der Waals surface area contributed by atoms with Gasteiger partial charge in [0.15, 0.2) is 0 Å². The molecule has 1 atom stereocenters. The number of hydrogen-bond acceptors (Lipinski definition) is 3. The predicted octanol–water partition coefficient (Wildman–Crippen LogP) is -1.42. The Hall–Kier alpha value is 3.66. The molecule has 0 rings (SSSR count). The fourth-order valence-corrected chi connectivity index (χ4v) is 0.632. The van der Waals surface area contributed by atoms with E-state index in [4.69, 9.17) is 16.6 Å². The van der Waals surface area contributed by atoms with Gasteiger partial charge in [-0.1, -0.05) is 6.42 Å². The quantitative estimate of drug-likeness (QED) is 0.421. The van der Waals surface area contributed by atoms with Gasteiger partial charge < -0.3 is 16.6 Å². The molecule has 16 heavy (non-hydrogen) atoms. The molecule has 0 saturated heterocycles. The molecule has 0 aliphatic rings. The van der Waals surface area contributed by atoms with Crippen LogP contribution in [0.4, 0.5) is 0 Å². The summed E-state index contributed by atoms with van der Waals surface area (Å²) in [5.41, 5.74) is 10.4.